The first-order valence-electron chi connectivity index (χ1n) is 12.6. The number of methoxy groups -OCH3 is 3. The Morgan fingerprint density at radius 3 is 2.39 bits per heavy atom. The highest BCUT2D eigenvalue weighted by molar-refractivity contribution is 5.97. The number of amides is 2. The lowest BCUT2D eigenvalue weighted by Crippen LogP contribution is -2.62. The van der Waals surface area contributed by atoms with Crippen molar-refractivity contribution in [3.8, 4) is 17.2 Å². The lowest BCUT2D eigenvalue weighted by atomic mass is 9.85. The van der Waals surface area contributed by atoms with Gasteiger partial charge in [-0.1, -0.05) is 42.5 Å². The van der Waals surface area contributed by atoms with Crippen molar-refractivity contribution >= 4 is 22.7 Å². The molecule has 38 heavy (non-hydrogen) atoms. The lowest BCUT2D eigenvalue weighted by molar-refractivity contribution is -0.159. The number of ether oxygens (including phenoxy) is 3. The maximum absolute atomic E-state index is 14.0. The summed E-state index contributed by atoms with van der Waals surface area (Å²) in [5, 5.41) is 1.07. The van der Waals surface area contributed by atoms with Crippen LogP contribution in [0.1, 0.15) is 28.4 Å². The molecule has 3 aromatic carbocycles. The zero-order valence-electron chi connectivity index (χ0n) is 21.6. The Labute approximate surface area is 220 Å². The minimum atomic E-state index is -0.627. The standard InChI is InChI=1S/C30H29N3O5/c1-36-24-11-7-5-9-20(24)29-28-21(19-8-4-6-10-22(19)31-28)15-23-30(35)32(17-27(34)33(23)29)16-18-12-13-25(37-2)26(14-18)38-3/h4-14,23,29,31H,15-17H2,1-3H3/t23-,29-/m0/s1. The number of nitrogens with one attached hydrogen (secondary N) is 1. The van der Waals surface area contributed by atoms with Crippen LogP contribution in [0.15, 0.2) is 66.7 Å². The Morgan fingerprint density at radius 1 is 0.868 bits per heavy atom. The van der Waals surface area contributed by atoms with Gasteiger partial charge in [-0.3, -0.25) is 9.59 Å². The molecule has 0 unspecified atom stereocenters. The fourth-order valence-electron chi connectivity index (χ4n) is 5.87. The third-order valence-electron chi connectivity index (χ3n) is 7.60. The maximum atomic E-state index is 14.0. The minimum Gasteiger partial charge on any atom is -0.496 e. The summed E-state index contributed by atoms with van der Waals surface area (Å²) in [6.45, 7) is 0.292. The van der Waals surface area contributed by atoms with Crippen LogP contribution < -0.4 is 14.2 Å². The first-order valence-corrected chi connectivity index (χ1v) is 12.6. The predicted molar refractivity (Wildman–Crippen MR) is 142 cm³/mol. The molecule has 0 bridgehead atoms. The monoisotopic (exact) mass is 511 g/mol. The lowest BCUT2D eigenvalue weighted by Gasteiger charge is -2.47. The number of para-hydroxylation sites is 2. The second-order valence-corrected chi connectivity index (χ2v) is 9.61. The number of hydrogen-bond donors (Lipinski definition) is 1. The van der Waals surface area contributed by atoms with Gasteiger partial charge < -0.3 is 29.0 Å². The van der Waals surface area contributed by atoms with Gasteiger partial charge >= 0.3 is 0 Å². The summed E-state index contributed by atoms with van der Waals surface area (Å²) < 4.78 is 16.5. The number of carbonyl (C=O) groups is 2. The van der Waals surface area contributed by atoms with Crippen LogP contribution in [-0.4, -0.2) is 60.5 Å². The summed E-state index contributed by atoms with van der Waals surface area (Å²) in [5.41, 5.74) is 4.69. The van der Waals surface area contributed by atoms with E-state index in [-0.39, 0.29) is 18.4 Å². The fraction of sp³-hybridized carbons (Fsp3) is 0.267. The number of nitrogens with zero attached hydrogens (tertiary/aromatic N) is 2. The number of fused-ring (bicyclic) bond motifs is 4. The van der Waals surface area contributed by atoms with E-state index in [2.05, 4.69) is 11.1 Å². The fourth-order valence-corrected chi connectivity index (χ4v) is 5.87. The molecular formula is C30H29N3O5. The van der Waals surface area contributed by atoms with Crippen LogP contribution in [0.25, 0.3) is 10.9 Å². The average Bonchev–Trinajstić information content (AvgIpc) is 3.33. The summed E-state index contributed by atoms with van der Waals surface area (Å²) in [7, 11) is 4.78. The summed E-state index contributed by atoms with van der Waals surface area (Å²) in [6, 6.07) is 20.2. The van der Waals surface area contributed by atoms with E-state index in [1.807, 2.05) is 60.7 Å². The molecule has 194 valence electrons. The first-order chi connectivity index (χ1) is 18.5. The molecule has 0 spiro atoms. The van der Waals surface area contributed by atoms with Crippen LogP contribution in [0, 0.1) is 0 Å². The third-order valence-corrected chi connectivity index (χ3v) is 7.60. The Kier molecular flexibility index (Phi) is 5.94. The van der Waals surface area contributed by atoms with Gasteiger partial charge in [-0.15, -0.1) is 0 Å². The van der Waals surface area contributed by atoms with Crippen molar-refractivity contribution in [2.24, 2.45) is 0 Å². The molecule has 0 radical (unpaired) electrons. The van der Waals surface area contributed by atoms with Gasteiger partial charge in [0.1, 0.15) is 24.4 Å². The second-order valence-electron chi connectivity index (χ2n) is 9.61. The van der Waals surface area contributed by atoms with E-state index in [4.69, 9.17) is 14.2 Å². The topological polar surface area (TPSA) is 84.1 Å². The minimum absolute atomic E-state index is 0.00904. The highest BCUT2D eigenvalue weighted by Crippen LogP contribution is 2.45. The van der Waals surface area contributed by atoms with Crippen molar-refractivity contribution in [1.29, 1.82) is 0 Å². The third kappa shape index (κ3) is 3.75. The normalized spacial score (nSPS) is 18.8. The van der Waals surface area contributed by atoms with E-state index >= 15 is 0 Å². The van der Waals surface area contributed by atoms with Gasteiger partial charge in [0.2, 0.25) is 11.8 Å². The van der Waals surface area contributed by atoms with Crippen LogP contribution in [0.2, 0.25) is 0 Å². The quantitative estimate of drug-likeness (QED) is 0.422. The largest absolute Gasteiger partial charge is 0.496 e. The van der Waals surface area contributed by atoms with Gasteiger partial charge in [0, 0.05) is 35.1 Å². The molecule has 0 aliphatic carbocycles. The van der Waals surface area contributed by atoms with Crippen LogP contribution in [-0.2, 0) is 22.6 Å². The molecule has 8 nitrogen and oxygen atoms in total. The number of H-pyrrole nitrogens is 1. The van der Waals surface area contributed by atoms with Gasteiger partial charge in [-0.2, -0.15) is 0 Å². The molecule has 2 aliphatic heterocycles. The number of carbonyl (C=O) groups excluding carboxylic acids is 2. The van der Waals surface area contributed by atoms with Gasteiger partial charge in [0.25, 0.3) is 0 Å². The molecule has 0 saturated carbocycles. The van der Waals surface area contributed by atoms with E-state index in [1.54, 1.807) is 31.1 Å². The van der Waals surface area contributed by atoms with Crippen molar-refractivity contribution in [2.45, 2.75) is 25.0 Å². The van der Waals surface area contributed by atoms with Crippen molar-refractivity contribution in [2.75, 3.05) is 27.9 Å². The van der Waals surface area contributed by atoms with Crippen LogP contribution in [0.5, 0.6) is 17.2 Å². The van der Waals surface area contributed by atoms with Gasteiger partial charge in [0.15, 0.2) is 11.5 Å². The summed E-state index contributed by atoms with van der Waals surface area (Å²) >= 11 is 0. The average molecular weight is 512 g/mol. The number of aromatic amines is 1. The molecule has 8 heteroatoms. The second kappa shape index (κ2) is 9.45. The van der Waals surface area contributed by atoms with Crippen LogP contribution in [0.4, 0.5) is 0 Å². The van der Waals surface area contributed by atoms with Crippen LogP contribution >= 0.6 is 0 Å². The van der Waals surface area contributed by atoms with Crippen molar-refractivity contribution in [3.63, 3.8) is 0 Å². The first kappa shape index (κ1) is 23.9. The number of piperazine rings is 1. The van der Waals surface area contributed by atoms with Crippen molar-refractivity contribution < 1.29 is 23.8 Å². The highest BCUT2D eigenvalue weighted by atomic mass is 16.5. The Morgan fingerprint density at radius 2 is 1.61 bits per heavy atom. The molecule has 6 rings (SSSR count). The summed E-state index contributed by atoms with van der Waals surface area (Å²) in [6.07, 6.45) is 0.442. The molecule has 2 amide bonds. The Balaban J connectivity index is 1.42. The zero-order chi connectivity index (χ0) is 26.4. The van der Waals surface area contributed by atoms with Crippen molar-refractivity contribution in [1.82, 2.24) is 14.8 Å². The van der Waals surface area contributed by atoms with E-state index in [1.165, 1.54) is 0 Å². The smallest absolute Gasteiger partial charge is 0.246 e. The van der Waals surface area contributed by atoms with E-state index in [0.29, 0.717) is 30.2 Å². The molecule has 1 N–H and O–H groups in total. The molecular weight excluding hydrogens is 482 g/mol. The molecule has 2 aliphatic rings. The summed E-state index contributed by atoms with van der Waals surface area (Å²) in [4.78, 5) is 34.8. The van der Waals surface area contributed by atoms with Gasteiger partial charge in [-0.25, -0.2) is 0 Å². The summed E-state index contributed by atoms with van der Waals surface area (Å²) in [5.74, 6) is 1.70. The highest BCUT2D eigenvalue weighted by Gasteiger charge is 2.48. The van der Waals surface area contributed by atoms with Crippen LogP contribution in [0.3, 0.4) is 0 Å². The number of benzene rings is 3. The van der Waals surface area contributed by atoms with E-state index < -0.39 is 12.1 Å². The Hall–Kier alpha value is -4.46. The molecule has 3 heterocycles. The molecule has 2 atom stereocenters. The zero-order valence-corrected chi connectivity index (χ0v) is 21.6. The maximum Gasteiger partial charge on any atom is 0.246 e. The van der Waals surface area contributed by atoms with E-state index in [9.17, 15) is 9.59 Å². The van der Waals surface area contributed by atoms with Crippen molar-refractivity contribution in [3.05, 3.63) is 89.1 Å². The molecule has 1 aromatic heterocycles. The number of hydrogen-bond acceptors (Lipinski definition) is 5. The SMILES string of the molecule is COc1ccc(CN2CC(=O)N3[C@@H](c4ccccc4OC)c4[nH]c5ccccc5c4C[C@H]3C2=O)cc1OC. The van der Waals surface area contributed by atoms with Gasteiger partial charge in [-0.05, 0) is 35.4 Å². The Bertz CT molecular complexity index is 1540. The number of rotatable bonds is 6. The van der Waals surface area contributed by atoms with Gasteiger partial charge in [0.05, 0.1) is 21.3 Å². The molecule has 1 fully saturated rings. The molecule has 1 saturated heterocycles. The van der Waals surface area contributed by atoms with E-state index in [0.717, 1.165) is 33.3 Å². The number of aromatic nitrogens is 1. The molecule has 4 aromatic rings. The predicted octanol–water partition coefficient (Wildman–Crippen LogP) is 4.08.